The summed E-state index contributed by atoms with van der Waals surface area (Å²) in [6.07, 6.45) is 3.25. The Hall–Kier alpha value is -0.810. The summed E-state index contributed by atoms with van der Waals surface area (Å²) in [5, 5.41) is 2.87. The number of carbonyl (C=O) groups is 1. The maximum absolute atomic E-state index is 11.6. The molecule has 1 atom stereocenters. The lowest BCUT2D eigenvalue weighted by atomic mass is 10.0. The van der Waals surface area contributed by atoms with Gasteiger partial charge in [0.25, 0.3) is 0 Å². The van der Waals surface area contributed by atoms with Crippen molar-refractivity contribution < 1.29 is 14.3 Å². The van der Waals surface area contributed by atoms with Gasteiger partial charge in [0.2, 0.25) is 0 Å². The molecular weight excluding hydrogens is 244 g/mol. The van der Waals surface area contributed by atoms with E-state index in [0.29, 0.717) is 12.6 Å². The number of amides is 1. The highest BCUT2D eigenvalue weighted by molar-refractivity contribution is 5.67. The Labute approximate surface area is 116 Å². The highest BCUT2D eigenvalue weighted by Gasteiger charge is 2.23. The van der Waals surface area contributed by atoms with E-state index in [4.69, 9.17) is 9.47 Å². The molecule has 1 unspecified atom stereocenters. The molecule has 1 heterocycles. The molecule has 1 rings (SSSR count). The predicted molar refractivity (Wildman–Crippen MR) is 75.3 cm³/mol. The molecule has 0 spiro atoms. The van der Waals surface area contributed by atoms with Gasteiger partial charge in [0.05, 0.1) is 6.61 Å². The van der Waals surface area contributed by atoms with Crippen LogP contribution in [0, 0.1) is 0 Å². The van der Waals surface area contributed by atoms with E-state index in [2.05, 4.69) is 10.2 Å². The number of hydrogen-bond acceptors (Lipinski definition) is 4. The molecule has 1 amide bonds. The first-order chi connectivity index (χ1) is 8.92. The molecule has 1 fully saturated rings. The topological polar surface area (TPSA) is 50.8 Å². The average Bonchev–Trinajstić information content (AvgIpc) is 2.32. The Morgan fingerprint density at radius 3 is 2.74 bits per heavy atom. The second kappa shape index (κ2) is 7.70. The van der Waals surface area contributed by atoms with Crippen molar-refractivity contribution in [3.05, 3.63) is 0 Å². The molecule has 5 nitrogen and oxygen atoms in total. The fourth-order valence-electron chi connectivity index (χ4n) is 2.31. The third-order valence-electron chi connectivity index (χ3n) is 3.21. The van der Waals surface area contributed by atoms with E-state index in [1.807, 2.05) is 20.8 Å². The minimum Gasteiger partial charge on any atom is -0.444 e. The summed E-state index contributed by atoms with van der Waals surface area (Å²) in [5.41, 5.74) is -0.438. The number of methoxy groups -OCH3 is 1. The maximum Gasteiger partial charge on any atom is 0.407 e. The van der Waals surface area contributed by atoms with Crippen LogP contribution >= 0.6 is 0 Å². The molecule has 0 bridgehead atoms. The first-order valence-electron chi connectivity index (χ1n) is 7.12. The number of ether oxygens (including phenoxy) is 2. The highest BCUT2D eigenvalue weighted by atomic mass is 16.6. The maximum atomic E-state index is 11.6. The summed E-state index contributed by atoms with van der Waals surface area (Å²) >= 11 is 0. The fourth-order valence-corrected chi connectivity index (χ4v) is 2.31. The average molecular weight is 272 g/mol. The second-order valence-corrected chi connectivity index (χ2v) is 6.06. The molecule has 0 radical (unpaired) electrons. The molecule has 1 aliphatic rings. The predicted octanol–water partition coefficient (Wildman–Crippen LogP) is 2.01. The smallest absolute Gasteiger partial charge is 0.407 e. The van der Waals surface area contributed by atoms with Crippen LogP contribution < -0.4 is 5.32 Å². The van der Waals surface area contributed by atoms with Gasteiger partial charge in [0, 0.05) is 26.2 Å². The van der Waals surface area contributed by atoms with Crippen LogP contribution in [0.15, 0.2) is 0 Å². The molecule has 19 heavy (non-hydrogen) atoms. The zero-order valence-corrected chi connectivity index (χ0v) is 12.7. The van der Waals surface area contributed by atoms with Gasteiger partial charge < -0.3 is 14.8 Å². The largest absolute Gasteiger partial charge is 0.444 e. The van der Waals surface area contributed by atoms with E-state index >= 15 is 0 Å². The van der Waals surface area contributed by atoms with Gasteiger partial charge in [-0.3, -0.25) is 4.90 Å². The van der Waals surface area contributed by atoms with Crippen molar-refractivity contribution in [2.24, 2.45) is 0 Å². The summed E-state index contributed by atoms with van der Waals surface area (Å²) in [4.78, 5) is 14.0. The van der Waals surface area contributed by atoms with Crippen LogP contribution in [-0.4, -0.2) is 56.0 Å². The Bertz CT molecular complexity index is 276. The van der Waals surface area contributed by atoms with Crippen molar-refractivity contribution in [2.75, 3.05) is 33.4 Å². The third-order valence-corrected chi connectivity index (χ3v) is 3.21. The SMILES string of the molecule is COCCN1CCCCC1CNC(=O)OC(C)(C)C. The van der Waals surface area contributed by atoms with E-state index < -0.39 is 5.60 Å². The molecule has 112 valence electrons. The summed E-state index contributed by atoms with van der Waals surface area (Å²) in [6.45, 7) is 9.02. The summed E-state index contributed by atoms with van der Waals surface area (Å²) in [5.74, 6) is 0. The lowest BCUT2D eigenvalue weighted by Crippen LogP contribution is -2.48. The van der Waals surface area contributed by atoms with Gasteiger partial charge in [-0.25, -0.2) is 4.79 Å². The molecular formula is C14H28N2O3. The third kappa shape index (κ3) is 6.78. The summed E-state index contributed by atoms with van der Waals surface area (Å²) < 4.78 is 10.4. The fraction of sp³-hybridized carbons (Fsp3) is 0.929. The zero-order valence-electron chi connectivity index (χ0n) is 12.7. The van der Waals surface area contributed by atoms with Gasteiger partial charge >= 0.3 is 6.09 Å². The van der Waals surface area contributed by atoms with Crippen LogP contribution in [0.2, 0.25) is 0 Å². The first kappa shape index (κ1) is 16.2. The Kier molecular flexibility index (Phi) is 6.58. The number of nitrogens with one attached hydrogen (secondary N) is 1. The van der Waals surface area contributed by atoms with Gasteiger partial charge in [-0.05, 0) is 40.2 Å². The zero-order chi connectivity index (χ0) is 14.3. The minimum atomic E-state index is -0.438. The molecule has 0 aromatic heterocycles. The summed E-state index contributed by atoms with van der Waals surface area (Å²) in [7, 11) is 1.72. The van der Waals surface area contributed by atoms with E-state index in [1.165, 1.54) is 12.8 Å². The number of alkyl carbamates (subject to hydrolysis) is 1. The number of carbonyl (C=O) groups excluding carboxylic acids is 1. The molecule has 5 heteroatoms. The van der Waals surface area contributed by atoms with Crippen molar-refractivity contribution in [3.8, 4) is 0 Å². The van der Waals surface area contributed by atoms with Gasteiger partial charge in [-0.15, -0.1) is 0 Å². The number of likely N-dealkylation sites (tertiary alicyclic amines) is 1. The standard InChI is InChI=1S/C14H28N2O3/c1-14(2,3)19-13(17)15-11-12-7-5-6-8-16(12)9-10-18-4/h12H,5-11H2,1-4H3,(H,15,17). The molecule has 0 aliphatic carbocycles. The summed E-state index contributed by atoms with van der Waals surface area (Å²) in [6, 6.07) is 0.399. The molecule has 0 saturated carbocycles. The lowest BCUT2D eigenvalue weighted by molar-refractivity contribution is 0.0480. The monoisotopic (exact) mass is 272 g/mol. The van der Waals surface area contributed by atoms with Crippen molar-refractivity contribution in [2.45, 2.75) is 51.7 Å². The van der Waals surface area contributed by atoms with Crippen molar-refractivity contribution in [1.29, 1.82) is 0 Å². The first-order valence-corrected chi connectivity index (χ1v) is 7.12. The van der Waals surface area contributed by atoms with Crippen LogP contribution in [0.3, 0.4) is 0 Å². The van der Waals surface area contributed by atoms with Crippen LogP contribution in [0.5, 0.6) is 0 Å². The van der Waals surface area contributed by atoms with Gasteiger partial charge in [0.15, 0.2) is 0 Å². The van der Waals surface area contributed by atoms with E-state index in [-0.39, 0.29) is 6.09 Å². The number of rotatable bonds is 5. The van der Waals surface area contributed by atoms with Crippen LogP contribution in [0.25, 0.3) is 0 Å². The molecule has 0 aromatic rings. The van der Waals surface area contributed by atoms with Gasteiger partial charge in [0.1, 0.15) is 5.60 Å². The van der Waals surface area contributed by atoms with E-state index in [9.17, 15) is 4.79 Å². The molecule has 1 saturated heterocycles. The second-order valence-electron chi connectivity index (χ2n) is 6.06. The number of piperidine rings is 1. The van der Waals surface area contributed by atoms with Crippen molar-refractivity contribution >= 4 is 6.09 Å². The number of hydrogen-bond donors (Lipinski definition) is 1. The highest BCUT2D eigenvalue weighted by Crippen LogP contribution is 2.16. The lowest BCUT2D eigenvalue weighted by Gasteiger charge is -2.35. The quantitative estimate of drug-likeness (QED) is 0.832. The van der Waals surface area contributed by atoms with E-state index in [0.717, 1.165) is 26.1 Å². The van der Waals surface area contributed by atoms with Crippen molar-refractivity contribution in [1.82, 2.24) is 10.2 Å². The van der Waals surface area contributed by atoms with Gasteiger partial charge in [-0.2, -0.15) is 0 Å². The molecule has 1 N–H and O–H groups in total. The Balaban J connectivity index is 2.34. The van der Waals surface area contributed by atoms with Crippen molar-refractivity contribution in [3.63, 3.8) is 0 Å². The minimum absolute atomic E-state index is 0.329. The number of nitrogens with zero attached hydrogens (tertiary/aromatic N) is 1. The Morgan fingerprint density at radius 2 is 2.11 bits per heavy atom. The van der Waals surface area contributed by atoms with Crippen LogP contribution in [0.4, 0.5) is 4.79 Å². The molecule has 0 aromatic carbocycles. The Morgan fingerprint density at radius 1 is 1.37 bits per heavy atom. The van der Waals surface area contributed by atoms with E-state index in [1.54, 1.807) is 7.11 Å². The van der Waals surface area contributed by atoms with Crippen LogP contribution in [-0.2, 0) is 9.47 Å². The molecule has 1 aliphatic heterocycles. The van der Waals surface area contributed by atoms with Gasteiger partial charge in [-0.1, -0.05) is 6.42 Å². The van der Waals surface area contributed by atoms with Crippen LogP contribution in [0.1, 0.15) is 40.0 Å². The normalized spacial score (nSPS) is 21.2.